The molecule has 0 radical (unpaired) electrons. The van der Waals surface area contributed by atoms with Crippen LogP contribution in [0.15, 0.2) is 6.20 Å². The number of rotatable bonds is 9. The van der Waals surface area contributed by atoms with E-state index in [0.29, 0.717) is 23.9 Å². The second-order valence-electron chi connectivity index (χ2n) is 4.46. The average molecular weight is 275 g/mol. The summed E-state index contributed by atoms with van der Waals surface area (Å²) in [4.78, 5) is 0. The van der Waals surface area contributed by atoms with E-state index >= 15 is 0 Å². The van der Waals surface area contributed by atoms with E-state index in [9.17, 15) is 5.11 Å². The molecule has 0 spiro atoms. The number of aliphatic hydroxyl groups excluding tert-OH is 1. The molecule has 0 aromatic carbocycles. The summed E-state index contributed by atoms with van der Waals surface area (Å²) in [5, 5.41) is 14.9. The summed E-state index contributed by atoms with van der Waals surface area (Å²) in [5.74, 6) is 0. The predicted molar refractivity (Wildman–Crippen MR) is 72.8 cm³/mol. The summed E-state index contributed by atoms with van der Waals surface area (Å²) in [7, 11) is 1.64. The summed E-state index contributed by atoms with van der Waals surface area (Å²) in [6.45, 7) is 3.35. The van der Waals surface area contributed by atoms with Crippen molar-refractivity contribution in [2.45, 2.75) is 51.7 Å². The van der Waals surface area contributed by atoms with Crippen molar-refractivity contribution in [3.05, 3.63) is 16.9 Å². The molecule has 5 heteroatoms. The fourth-order valence-corrected chi connectivity index (χ4v) is 2.23. The monoisotopic (exact) mass is 274 g/mol. The first-order valence-electron chi connectivity index (χ1n) is 6.58. The van der Waals surface area contributed by atoms with Crippen molar-refractivity contribution in [2.75, 3.05) is 13.7 Å². The second kappa shape index (κ2) is 8.51. The molecule has 0 aliphatic rings. The third-order valence-electron chi connectivity index (χ3n) is 2.99. The number of nitrogens with zero attached hydrogens (tertiary/aromatic N) is 2. The molecule has 1 N–H and O–H groups in total. The number of hydrogen-bond donors (Lipinski definition) is 1. The predicted octanol–water partition coefficient (Wildman–Crippen LogP) is 3.19. The maximum absolute atomic E-state index is 10.2. The number of methoxy groups -OCH3 is 1. The Hall–Kier alpha value is -0.580. The van der Waals surface area contributed by atoms with E-state index < -0.39 is 6.10 Å². The summed E-state index contributed by atoms with van der Waals surface area (Å²) < 4.78 is 6.75. The van der Waals surface area contributed by atoms with Crippen molar-refractivity contribution in [2.24, 2.45) is 0 Å². The van der Waals surface area contributed by atoms with Crippen molar-refractivity contribution < 1.29 is 9.84 Å². The quantitative estimate of drug-likeness (QED) is 0.704. The molecular weight excluding hydrogens is 252 g/mol. The number of aliphatic hydroxyl groups is 1. The lowest BCUT2D eigenvalue weighted by molar-refractivity contribution is 0.143. The van der Waals surface area contributed by atoms with Gasteiger partial charge in [-0.25, -0.2) is 0 Å². The molecule has 104 valence electrons. The Bertz CT molecular complexity index is 342. The van der Waals surface area contributed by atoms with Gasteiger partial charge in [0, 0.05) is 7.11 Å². The minimum atomic E-state index is -0.534. The highest BCUT2D eigenvalue weighted by molar-refractivity contribution is 6.31. The second-order valence-corrected chi connectivity index (χ2v) is 4.87. The van der Waals surface area contributed by atoms with Crippen molar-refractivity contribution >= 4 is 11.6 Å². The van der Waals surface area contributed by atoms with Crippen LogP contribution in [0, 0.1) is 0 Å². The van der Waals surface area contributed by atoms with Crippen LogP contribution in [0.2, 0.25) is 5.02 Å². The van der Waals surface area contributed by atoms with Gasteiger partial charge < -0.3 is 9.84 Å². The third kappa shape index (κ3) is 4.59. The maximum Gasteiger partial charge on any atom is 0.0971 e. The van der Waals surface area contributed by atoms with Crippen LogP contribution in [-0.4, -0.2) is 28.6 Å². The zero-order valence-electron chi connectivity index (χ0n) is 11.2. The van der Waals surface area contributed by atoms with Gasteiger partial charge in [-0.15, -0.1) is 0 Å². The molecular formula is C13H23ClN2O2. The fraction of sp³-hybridized carbons (Fsp3) is 0.769. The highest BCUT2D eigenvalue weighted by Crippen LogP contribution is 2.26. The Labute approximate surface area is 114 Å². The van der Waals surface area contributed by atoms with Gasteiger partial charge in [-0.2, -0.15) is 5.10 Å². The highest BCUT2D eigenvalue weighted by Gasteiger charge is 2.17. The van der Waals surface area contributed by atoms with E-state index in [1.165, 1.54) is 12.8 Å². The van der Waals surface area contributed by atoms with Crippen LogP contribution in [0.25, 0.3) is 0 Å². The molecule has 0 bridgehead atoms. The van der Waals surface area contributed by atoms with Gasteiger partial charge >= 0.3 is 0 Å². The fourth-order valence-electron chi connectivity index (χ4n) is 1.96. The van der Waals surface area contributed by atoms with Crippen LogP contribution >= 0.6 is 11.6 Å². The van der Waals surface area contributed by atoms with Crippen LogP contribution in [0.4, 0.5) is 0 Å². The first-order chi connectivity index (χ1) is 8.70. The number of aromatic nitrogens is 2. The van der Waals surface area contributed by atoms with Crippen molar-refractivity contribution in [1.29, 1.82) is 0 Å². The van der Waals surface area contributed by atoms with E-state index in [-0.39, 0.29) is 0 Å². The van der Waals surface area contributed by atoms with Gasteiger partial charge in [-0.3, -0.25) is 4.68 Å². The molecule has 1 aromatic rings. The SMILES string of the molecule is CCCCCCC(O)c1c(Cl)cnn1CCOC. The molecule has 4 nitrogen and oxygen atoms in total. The van der Waals surface area contributed by atoms with E-state index in [1.807, 2.05) is 0 Å². The maximum atomic E-state index is 10.2. The van der Waals surface area contributed by atoms with Gasteiger partial charge in [-0.1, -0.05) is 44.2 Å². The highest BCUT2D eigenvalue weighted by atomic mass is 35.5. The molecule has 0 aliphatic carbocycles. The van der Waals surface area contributed by atoms with Gasteiger partial charge in [0.25, 0.3) is 0 Å². The van der Waals surface area contributed by atoms with Crippen molar-refractivity contribution in [1.82, 2.24) is 9.78 Å². The van der Waals surface area contributed by atoms with E-state index in [4.69, 9.17) is 16.3 Å². The normalized spacial score (nSPS) is 12.9. The Morgan fingerprint density at radius 1 is 1.44 bits per heavy atom. The molecule has 0 saturated carbocycles. The third-order valence-corrected chi connectivity index (χ3v) is 3.28. The van der Waals surface area contributed by atoms with E-state index in [2.05, 4.69) is 12.0 Å². The largest absolute Gasteiger partial charge is 0.387 e. The smallest absolute Gasteiger partial charge is 0.0971 e. The summed E-state index contributed by atoms with van der Waals surface area (Å²) >= 11 is 6.07. The molecule has 0 aliphatic heterocycles. The average Bonchev–Trinajstić information content (AvgIpc) is 2.73. The van der Waals surface area contributed by atoms with Gasteiger partial charge in [0.1, 0.15) is 0 Å². The van der Waals surface area contributed by atoms with Crippen LogP contribution < -0.4 is 0 Å². The Morgan fingerprint density at radius 3 is 2.89 bits per heavy atom. The molecule has 1 aromatic heterocycles. The molecule has 0 amide bonds. The van der Waals surface area contributed by atoms with Gasteiger partial charge in [0.15, 0.2) is 0 Å². The molecule has 1 unspecified atom stereocenters. The number of unbranched alkanes of at least 4 members (excludes halogenated alkanes) is 3. The van der Waals surface area contributed by atoms with Crippen LogP contribution in [-0.2, 0) is 11.3 Å². The standard InChI is InChI=1S/C13H23ClN2O2/c1-3-4-5-6-7-12(17)13-11(14)10-15-16(13)8-9-18-2/h10,12,17H,3-9H2,1-2H3. The Kier molecular flexibility index (Phi) is 7.32. The van der Waals surface area contributed by atoms with Crippen LogP contribution in [0.5, 0.6) is 0 Å². The summed E-state index contributed by atoms with van der Waals surface area (Å²) in [6, 6.07) is 0. The lowest BCUT2D eigenvalue weighted by Crippen LogP contribution is -2.13. The van der Waals surface area contributed by atoms with Crippen molar-refractivity contribution in [3.63, 3.8) is 0 Å². The Morgan fingerprint density at radius 2 is 2.22 bits per heavy atom. The molecule has 1 atom stereocenters. The Balaban J connectivity index is 2.54. The summed E-state index contributed by atoms with van der Waals surface area (Å²) in [5.41, 5.74) is 0.713. The molecule has 1 heterocycles. The van der Waals surface area contributed by atoms with Crippen LogP contribution in [0.3, 0.4) is 0 Å². The zero-order chi connectivity index (χ0) is 13.4. The minimum absolute atomic E-state index is 0.534. The zero-order valence-corrected chi connectivity index (χ0v) is 12.0. The molecule has 1 rings (SSSR count). The number of ether oxygens (including phenoxy) is 1. The number of hydrogen-bond acceptors (Lipinski definition) is 3. The number of halogens is 1. The van der Waals surface area contributed by atoms with Gasteiger partial charge in [0.05, 0.1) is 36.2 Å². The summed E-state index contributed by atoms with van der Waals surface area (Å²) in [6.07, 6.45) is 6.36. The first kappa shape index (κ1) is 15.5. The molecule has 0 fully saturated rings. The lowest BCUT2D eigenvalue weighted by Gasteiger charge is -2.13. The van der Waals surface area contributed by atoms with E-state index in [1.54, 1.807) is 18.0 Å². The van der Waals surface area contributed by atoms with E-state index in [0.717, 1.165) is 19.3 Å². The van der Waals surface area contributed by atoms with Crippen LogP contribution in [0.1, 0.15) is 50.8 Å². The van der Waals surface area contributed by atoms with Gasteiger partial charge in [0.2, 0.25) is 0 Å². The lowest BCUT2D eigenvalue weighted by atomic mass is 10.1. The first-order valence-corrected chi connectivity index (χ1v) is 6.96. The minimum Gasteiger partial charge on any atom is -0.387 e. The van der Waals surface area contributed by atoms with Crippen molar-refractivity contribution in [3.8, 4) is 0 Å². The molecule has 0 saturated heterocycles. The van der Waals surface area contributed by atoms with Gasteiger partial charge in [-0.05, 0) is 6.42 Å². The topological polar surface area (TPSA) is 47.3 Å². The molecule has 18 heavy (non-hydrogen) atoms.